The van der Waals surface area contributed by atoms with Gasteiger partial charge in [-0.05, 0) is 32.8 Å². The number of rotatable bonds is 11. The van der Waals surface area contributed by atoms with Crippen molar-refractivity contribution in [2.45, 2.75) is 33.6 Å². The van der Waals surface area contributed by atoms with Crippen LogP contribution in [0, 0.1) is 0 Å². The molecule has 0 aliphatic rings. The van der Waals surface area contributed by atoms with E-state index in [0.29, 0.717) is 23.6 Å². The Labute approximate surface area is 197 Å². The number of carbonyl (C=O) groups is 4. The summed E-state index contributed by atoms with van der Waals surface area (Å²) in [5.41, 5.74) is 2.40. The van der Waals surface area contributed by atoms with Crippen molar-refractivity contribution in [3.8, 4) is 11.1 Å². The van der Waals surface area contributed by atoms with Gasteiger partial charge in [-0.1, -0.05) is 35.9 Å². The zero-order valence-electron chi connectivity index (χ0n) is 18.9. The number of allylic oxidation sites excluding steroid dienone is 1. The number of thiophene rings is 1. The third-order valence-electron chi connectivity index (χ3n) is 4.26. The summed E-state index contributed by atoms with van der Waals surface area (Å²) >= 11 is 1.21. The number of hydrogen-bond acceptors (Lipinski definition) is 7. The van der Waals surface area contributed by atoms with E-state index in [2.05, 4.69) is 10.6 Å². The van der Waals surface area contributed by atoms with Gasteiger partial charge < -0.3 is 20.1 Å². The van der Waals surface area contributed by atoms with Crippen molar-refractivity contribution >= 4 is 40.1 Å². The third kappa shape index (κ3) is 8.53. The molecule has 8 nitrogen and oxygen atoms in total. The van der Waals surface area contributed by atoms with E-state index < -0.39 is 18.5 Å². The van der Waals surface area contributed by atoms with Gasteiger partial charge in [0.2, 0.25) is 5.91 Å². The molecule has 1 aromatic carbocycles. The highest BCUT2D eigenvalue weighted by Gasteiger charge is 2.23. The molecule has 0 radical (unpaired) electrons. The van der Waals surface area contributed by atoms with Crippen molar-refractivity contribution < 1.29 is 28.7 Å². The lowest BCUT2D eigenvalue weighted by atomic mass is 10.0. The average molecular weight is 473 g/mol. The lowest BCUT2D eigenvalue weighted by molar-refractivity contribution is -0.143. The Bertz CT molecular complexity index is 1010. The largest absolute Gasteiger partial charge is 0.466 e. The minimum Gasteiger partial charge on any atom is -0.466 e. The molecule has 0 aliphatic heterocycles. The Morgan fingerprint density at radius 2 is 1.79 bits per heavy atom. The summed E-state index contributed by atoms with van der Waals surface area (Å²) in [7, 11) is 0. The predicted octanol–water partition coefficient (Wildman–Crippen LogP) is 3.94. The van der Waals surface area contributed by atoms with Gasteiger partial charge in [0.05, 0.1) is 6.61 Å². The molecule has 2 aromatic rings. The molecule has 176 valence electrons. The van der Waals surface area contributed by atoms with Gasteiger partial charge in [-0.2, -0.15) is 0 Å². The molecule has 0 unspecified atom stereocenters. The standard InChI is InChI=1S/C24H28N2O6S/c1-4-31-21(29)11-8-12-25-20(28)14-32-24(30)22-18(17-9-6-5-7-10-17)15-33-23(22)26-19(27)13-16(2)3/h5-7,9-10,13,15H,4,8,11-12,14H2,1-3H3,(H,25,28)(H,26,27). The molecule has 1 heterocycles. The number of anilines is 1. The number of ether oxygens (including phenoxy) is 2. The molecular weight excluding hydrogens is 444 g/mol. The smallest absolute Gasteiger partial charge is 0.342 e. The minimum absolute atomic E-state index is 0.191. The Hall–Kier alpha value is -3.46. The van der Waals surface area contributed by atoms with Crippen LogP contribution in [0.15, 0.2) is 47.4 Å². The van der Waals surface area contributed by atoms with Crippen molar-refractivity contribution in [2.24, 2.45) is 0 Å². The first-order chi connectivity index (χ1) is 15.8. The van der Waals surface area contributed by atoms with Gasteiger partial charge in [0, 0.05) is 30.0 Å². The fourth-order valence-electron chi connectivity index (χ4n) is 2.84. The summed E-state index contributed by atoms with van der Waals surface area (Å²) in [5.74, 6) is -1.89. The van der Waals surface area contributed by atoms with Gasteiger partial charge in [0.1, 0.15) is 10.6 Å². The number of hydrogen-bond donors (Lipinski definition) is 2. The molecule has 0 saturated carbocycles. The first-order valence-electron chi connectivity index (χ1n) is 10.5. The van der Waals surface area contributed by atoms with Crippen LogP contribution in [0.25, 0.3) is 11.1 Å². The van der Waals surface area contributed by atoms with Crippen molar-refractivity contribution in [1.29, 1.82) is 0 Å². The first-order valence-corrected chi connectivity index (χ1v) is 11.4. The summed E-state index contributed by atoms with van der Waals surface area (Å²) in [4.78, 5) is 48.5. The quantitative estimate of drug-likeness (QED) is 0.291. The molecular formula is C24H28N2O6S. The van der Waals surface area contributed by atoms with Crippen LogP contribution in [0.3, 0.4) is 0 Å². The Morgan fingerprint density at radius 1 is 1.06 bits per heavy atom. The summed E-state index contributed by atoms with van der Waals surface area (Å²) in [6, 6.07) is 9.23. The zero-order valence-corrected chi connectivity index (χ0v) is 19.8. The second-order valence-electron chi connectivity index (χ2n) is 7.27. The Balaban J connectivity index is 2.05. The summed E-state index contributed by atoms with van der Waals surface area (Å²) in [5, 5.41) is 7.43. The average Bonchev–Trinajstić information content (AvgIpc) is 3.18. The zero-order chi connectivity index (χ0) is 24.2. The maximum Gasteiger partial charge on any atom is 0.342 e. The van der Waals surface area contributed by atoms with Gasteiger partial charge in [0.25, 0.3) is 5.91 Å². The van der Waals surface area contributed by atoms with Crippen LogP contribution in [-0.2, 0) is 23.9 Å². The molecule has 1 aromatic heterocycles. The molecule has 2 rings (SSSR count). The highest BCUT2D eigenvalue weighted by Crippen LogP contribution is 2.36. The second-order valence-corrected chi connectivity index (χ2v) is 8.14. The van der Waals surface area contributed by atoms with Crippen LogP contribution >= 0.6 is 11.3 Å². The topological polar surface area (TPSA) is 111 Å². The fourth-order valence-corrected chi connectivity index (χ4v) is 3.80. The first kappa shape index (κ1) is 25.8. The maximum absolute atomic E-state index is 12.9. The second kappa shape index (κ2) is 13.2. The molecule has 2 N–H and O–H groups in total. The van der Waals surface area contributed by atoms with E-state index >= 15 is 0 Å². The number of amides is 2. The minimum atomic E-state index is -0.718. The van der Waals surface area contributed by atoms with Crippen molar-refractivity contribution in [3.05, 3.63) is 52.9 Å². The molecule has 0 saturated heterocycles. The fraction of sp³-hybridized carbons (Fsp3) is 0.333. The molecule has 33 heavy (non-hydrogen) atoms. The van der Waals surface area contributed by atoms with Crippen LogP contribution in [0.2, 0.25) is 0 Å². The highest BCUT2D eigenvalue weighted by molar-refractivity contribution is 7.15. The molecule has 0 spiro atoms. The van der Waals surface area contributed by atoms with Crippen LogP contribution in [-0.4, -0.2) is 43.5 Å². The molecule has 0 aliphatic carbocycles. The molecule has 9 heteroatoms. The SMILES string of the molecule is CCOC(=O)CCCNC(=O)COC(=O)c1c(-c2ccccc2)csc1NC(=O)C=C(C)C. The van der Waals surface area contributed by atoms with E-state index in [4.69, 9.17) is 9.47 Å². The van der Waals surface area contributed by atoms with Crippen molar-refractivity contribution in [2.75, 3.05) is 25.1 Å². The van der Waals surface area contributed by atoms with Crippen molar-refractivity contribution in [1.82, 2.24) is 5.32 Å². The normalized spacial score (nSPS) is 10.2. The Morgan fingerprint density at radius 3 is 2.45 bits per heavy atom. The molecule has 0 atom stereocenters. The van der Waals surface area contributed by atoms with Crippen LogP contribution in [0.5, 0.6) is 0 Å². The van der Waals surface area contributed by atoms with E-state index in [1.165, 1.54) is 17.4 Å². The van der Waals surface area contributed by atoms with Gasteiger partial charge in [-0.3, -0.25) is 14.4 Å². The number of benzene rings is 1. The molecule has 0 bridgehead atoms. The number of esters is 2. The molecule has 0 fully saturated rings. The highest BCUT2D eigenvalue weighted by atomic mass is 32.1. The van der Waals surface area contributed by atoms with E-state index in [-0.39, 0.29) is 30.4 Å². The van der Waals surface area contributed by atoms with Crippen LogP contribution < -0.4 is 10.6 Å². The predicted molar refractivity (Wildman–Crippen MR) is 127 cm³/mol. The van der Waals surface area contributed by atoms with Crippen molar-refractivity contribution in [3.63, 3.8) is 0 Å². The molecule has 2 amide bonds. The lowest BCUT2D eigenvalue weighted by Crippen LogP contribution is -2.30. The summed E-state index contributed by atoms with van der Waals surface area (Å²) < 4.78 is 10.1. The Kier molecular flexibility index (Phi) is 10.3. The monoisotopic (exact) mass is 472 g/mol. The van der Waals surface area contributed by atoms with Gasteiger partial charge in [0.15, 0.2) is 6.61 Å². The van der Waals surface area contributed by atoms with Crippen LogP contribution in [0.1, 0.15) is 44.0 Å². The maximum atomic E-state index is 12.9. The van der Waals surface area contributed by atoms with Gasteiger partial charge in [-0.25, -0.2) is 4.79 Å². The van der Waals surface area contributed by atoms with E-state index in [0.717, 1.165) is 11.1 Å². The third-order valence-corrected chi connectivity index (χ3v) is 5.15. The number of nitrogens with one attached hydrogen (secondary N) is 2. The summed E-state index contributed by atoms with van der Waals surface area (Å²) in [6.07, 6.45) is 2.04. The van der Waals surface area contributed by atoms with E-state index in [1.807, 2.05) is 30.3 Å². The van der Waals surface area contributed by atoms with E-state index in [9.17, 15) is 19.2 Å². The summed E-state index contributed by atoms with van der Waals surface area (Å²) in [6.45, 7) is 5.40. The van der Waals surface area contributed by atoms with Crippen LogP contribution in [0.4, 0.5) is 5.00 Å². The number of carbonyl (C=O) groups excluding carboxylic acids is 4. The van der Waals surface area contributed by atoms with E-state index in [1.54, 1.807) is 26.2 Å². The lowest BCUT2D eigenvalue weighted by Gasteiger charge is -2.10. The van der Waals surface area contributed by atoms with Gasteiger partial charge >= 0.3 is 11.9 Å². The van der Waals surface area contributed by atoms with Gasteiger partial charge in [-0.15, -0.1) is 11.3 Å².